The highest BCUT2D eigenvalue weighted by molar-refractivity contribution is 5.76. The molecule has 108 valence electrons. The highest BCUT2D eigenvalue weighted by Crippen LogP contribution is 2.19. The van der Waals surface area contributed by atoms with Gasteiger partial charge < -0.3 is 10.0 Å². The lowest BCUT2D eigenvalue weighted by atomic mass is 10.0. The predicted molar refractivity (Wildman–Crippen MR) is 76.3 cm³/mol. The van der Waals surface area contributed by atoms with E-state index in [0.29, 0.717) is 25.8 Å². The second kappa shape index (κ2) is 7.08. The maximum atomic E-state index is 12.2. The van der Waals surface area contributed by atoms with E-state index in [-0.39, 0.29) is 12.3 Å². The van der Waals surface area contributed by atoms with Gasteiger partial charge in [-0.15, -0.1) is 0 Å². The second-order valence-corrected chi connectivity index (χ2v) is 5.29. The molecule has 0 aliphatic carbocycles. The minimum absolute atomic E-state index is 0.145. The Morgan fingerprint density at radius 1 is 1.10 bits per heavy atom. The van der Waals surface area contributed by atoms with Crippen molar-refractivity contribution in [1.29, 1.82) is 0 Å². The Morgan fingerprint density at radius 3 is 2.55 bits per heavy atom. The summed E-state index contributed by atoms with van der Waals surface area (Å²) in [5.74, 6) is -0.645. The predicted octanol–water partition coefficient (Wildman–Crippen LogP) is 2.61. The van der Waals surface area contributed by atoms with E-state index in [1.807, 2.05) is 17.0 Å². The van der Waals surface area contributed by atoms with Crippen molar-refractivity contribution in [3.8, 4) is 0 Å². The summed E-state index contributed by atoms with van der Waals surface area (Å²) in [7, 11) is 0. The molecule has 2 rings (SSSR count). The molecule has 20 heavy (non-hydrogen) atoms. The highest BCUT2D eigenvalue weighted by atomic mass is 16.4. The summed E-state index contributed by atoms with van der Waals surface area (Å²) in [6.07, 6.45) is 3.86. The maximum absolute atomic E-state index is 12.2. The van der Waals surface area contributed by atoms with Crippen molar-refractivity contribution >= 4 is 11.9 Å². The molecule has 1 aliphatic heterocycles. The summed E-state index contributed by atoms with van der Waals surface area (Å²) in [4.78, 5) is 24.5. The van der Waals surface area contributed by atoms with Crippen LogP contribution in [0.5, 0.6) is 0 Å². The number of fused-ring (bicyclic) bond motifs is 1. The molecule has 0 unspecified atom stereocenters. The van der Waals surface area contributed by atoms with Gasteiger partial charge >= 0.3 is 5.97 Å². The monoisotopic (exact) mass is 275 g/mol. The Kier molecular flexibility index (Phi) is 5.16. The first-order valence-electron chi connectivity index (χ1n) is 7.23. The molecule has 0 bridgehead atoms. The van der Waals surface area contributed by atoms with Crippen molar-refractivity contribution in [2.24, 2.45) is 0 Å². The van der Waals surface area contributed by atoms with Gasteiger partial charge in [-0.3, -0.25) is 9.59 Å². The van der Waals surface area contributed by atoms with Crippen LogP contribution in [0.15, 0.2) is 24.3 Å². The first-order valence-corrected chi connectivity index (χ1v) is 7.23. The molecule has 4 nitrogen and oxygen atoms in total. The number of unbranched alkanes of at least 4 members (excludes halogenated alkanes) is 1. The number of nitrogens with zero attached hydrogens (tertiary/aromatic N) is 1. The van der Waals surface area contributed by atoms with Crippen LogP contribution in [0.2, 0.25) is 0 Å². The molecule has 4 heteroatoms. The zero-order valence-electron chi connectivity index (χ0n) is 11.7. The molecule has 0 atom stereocenters. The van der Waals surface area contributed by atoms with Gasteiger partial charge in [-0.1, -0.05) is 24.3 Å². The van der Waals surface area contributed by atoms with E-state index in [2.05, 4.69) is 12.1 Å². The molecule has 0 spiro atoms. The number of aryl methyl sites for hydroxylation is 1. The molecule has 1 aromatic rings. The average molecular weight is 275 g/mol. The van der Waals surface area contributed by atoms with Gasteiger partial charge in [-0.2, -0.15) is 0 Å². The number of carboxylic acid groups (broad SMARTS) is 1. The quantitative estimate of drug-likeness (QED) is 0.840. The fourth-order valence-electron chi connectivity index (χ4n) is 2.62. The van der Waals surface area contributed by atoms with E-state index in [0.717, 1.165) is 19.4 Å². The molecular weight excluding hydrogens is 254 g/mol. The molecule has 1 aliphatic rings. The van der Waals surface area contributed by atoms with Crippen LogP contribution in [-0.4, -0.2) is 28.4 Å². The van der Waals surface area contributed by atoms with Gasteiger partial charge in [0.05, 0.1) is 0 Å². The number of aliphatic carboxylic acids is 1. The zero-order valence-corrected chi connectivity index (χ0v) is 11.7. The third-order valence-electron chi connectivity index (χ3n) is 3.74. The van der Waals surface area contributed by atoms with E-state index in [9.17, 15) is 9.59 Å². The van der Waals surface area contributed by atoms with E-state index < -0.39 is 5.97 Å². The van der Waals surface area contributed by atoms with Crippen molar-refractivity contribution < 1.29 is 14.7 Å². The lowest BCUT2D eigenvalue weighted by Gasteiger charge is -2.21. The maximum Gasteiger partial charge on any atom is 0.303 e. The molecule has 1 aromatic carbocycles. The van der Waals surface area contributed by atoms with Crippen LogP contribution in [0.4, 0.5) is 0 Å². The first kappa shape index (κ1) is 14.6. The number of carboxylic acids is 1. The second-order valence-electron chi connectivity index (χ2n) is 5.29. The van der Waals surface area contributed by atoms with Crippen LogP contribution in [-0.2, 0) is 22.6 Å². The highest BCUT2D eigenvalue weighted by Gasteiger charge is 2.18. The lowest BCUT2D eigenvalue weighted by molar-refractivity contribution is -0.137. The Balaban J connectivity index is 1.86. The molecule has 0 saturated heterocycles. The number of amides is 1. The van der Waals surface area contributed by atoms with Crippen LogP contribution in [0.1, 0.15) is 43.2 Å². The smallest absolute Gasteiger partial charge is 0.303 e. The summed E-state index contributed by atoms with van der Waals surface area (Å²) in [5.41, 5.74) is 2.58. The lowest BCUT2D eigenvalue weighted by Crippen LogP contribution is -2.30. The summed E-state index contributed by atoms with van der Waals surface area (Å²) in [5, 5.41) is 8.58. The molecule has 1 heterocycles. The number of hydrogen-bond acceptors (Lipinski definition) is 2. The van der Waals surface area contributed by atoms with Gasteiger partial charge in [-0.05, 0) is 36.8 Å². The van der Waals surface area contributed by atoms with Crippen molar-refractivity contribution in [2.45, 2.75) is 45.1 Å². The van der Waals surface area contributed by atoms with Crippen LogP contribution in [0.3, 0.4) is 0 Å². The Labute approximate surface area is 119 Å². The summed E-state index contributed by atoms with van der Waals surface area (Å²) in [6, 6.07) is 8.28. The largest absolute Gasteiger partial charge is 0.481 e. The van der Waals surface area contributed by atoms with Crippen LogP contribution in [0.25, 0.3) is 0 Å². The molecule has 0 saturated carbocycles. The topological polar surface area (TPSA) is 57.6 Å². The number of carbonyl (C=O) groups excluding carboxylic acids is 1. The van der Waals surface area contributed by atoms with Crippen LogP contribution < -0.4 is 0 Å². The minimum Gasteiger partial charge on any atom is -0.481 e. The van der Waals surface area contributed by atoms with E-state index >= 15 is 0 Å². The van der Waals surface area contributed by atoms with Gasteiger partial charge in [-0.25, -0.2) is 0 Å². The molecule has 0 aromatic heterocycles. The SMILES string of the molecule is O=C(O)CCCCC(=O)N1CCCc2ccccc2C1. The summed E-state index contributed by atoms with van der Waals surface area (Å²) < 4.78 is 0. The third kappa shape index (κ3) is 4.08. The van der Waals surface area contributed by atoms with E-state index in [1.54, 1.807) is 0 Å². The third-order valence-corrected chi connectivity index (χ3v) is 3.74. The molecule has 1 N–H and O–H groups in total. The number of rotatable bonds is 5. The Morgan fingerprint density at radius 2 is 1.80 bits per heavy atom. The number of benzene rings is 1. The van der Waals surface area contributed by atoms with Gasteiger partial charge in [0.1, 0.15) is 0 Å². The zero-order chi connectivity index (χ0) is 14.4. The van der Waals surface area contributed by atoms with Gasteiger partial charge in [0.25, 0.3) is 0 Å². The normalized spacial score (nSPS) is 14.5. The standard InChI is InChI=1S/C16H21NO3/c18-15(9-3-4-10-16(19)20)17-11-5-8-13-6-1-2-7-14(13)12-17/h1-2,6-7H,3-5,8-12H2,(H,19,20). The molecule has 0 fully saturated rings. The average Bonchev–Trinajstić information content (AvgIpc) is 2.65. The van der Waals surface area contributed by atoms with E-state index in [1.165, 1.54) is 11.1 Å². The van der Waals surface area contributed by atoms with Crippen molar-refractivity contribution in [3.05, 3.63) is 35.4 Å². The van der Waals surface area contributed by atoms with Crippen molar-refractivity contribution in [1.82, 2.24) is 4.90 Å². The first-order chi connectivity index (χ1) is 9.66. The Bertz CT molecular complexity index is 484. The van der Waals surface area contributed by atoms with Gasteiger partial charge in [0.2, 0.25) is 5.91 Å². The summed E-state index contributed by atoms with van der Waals surface area (Å²) >= 11 is 0. The fourth-order valence-corrected chi connectivity index (χ4v) is 2.62. The van der Waals surface area contributed by atoms with Gasteiger partial charge in [0.15, 0.2) is 0 Å². The minimum atomic E-state index is -0.791. The molecule has 1 amide bonds. The van der Waals surface area contributed by atoms with Crippen LogP contribution in [0, 0.1) is 0 Å². The Hall–Kier alpha value is -1.84. The number of hydrogen-bond donors (Lipinski definition) is 1. The molecule has 0 radical (unpaired) electrons. The summed E-state index contributed by atoms with van der Waals surface area (Å²) in [6.45, 7) is 1.49. The van der Waals surface area contributed by atoms with Crippen LogP contribution >= 0.6 is 0 Å². The number of carbonyl (C=O) groups is 2. The molecular formula is C16H21NO3. The van der Waals surface area contributed by atoms with Crippen molar-refractivity contribution in [2.75, 3.05) is 6.54 Å². The fraction of sp³-hybridized carbons (Fsp3) is 0.500. The van der Waals surface area contributed by atoms with E-state index in [4.69, 9.17) is 5.11 Å². The van der Waals surface area contributed by atoms with Crippen molar-refractivity contribution in [3.63, 3.8) is 0 Å². The van der Waals surface area contributed by atoms with Gasteiger partial charge in [0, 0.05) is 25.9 Å².